The molecule has 0 aliphatic carbocycles. The maximum absolute atomic E-state index is 12.5. The molecule has 9 nitrogen and oxygen atoms in total. The zero-order valence-electron chi connectivity index (χ0n) is 17.9. The van der Waals surface area contributed by atoms with Gasteiger partial charge < -0.3 is 16.2 Å². The molecular weight excluding hydrogens is 569 g/mol. The lowest BCUT2D eigenvalue weighted by Crippen LogP contribution is -2.48. The first-order valence-electron chi connectivity index (χ1n) is 10.2. The van der Waals surface area contributed by atoms with Gasteiger partial charge in [-0.25, -0.2) is 13.4 Å². The van der Waals surface area contributed by atoms with Crippen LogP contribution in [0.1, 0.15) is 21.6 Å². The smallest absolute Gasteiger partial charge is 0.323 e. The molecule has 1 atom stereocenters. The summed E-state index contributed by atoms with van der Waals surface area (Å²) in [5.41, 5.74) is 7.88. The number of carboxylic acids is 1. The predicted octanol–water partition coefficient (Wildman–Crippen LogP) is 2.22. The van der Waals surface area contributed by atoms with Crippen molar-refractivity contribution < 1.29 is 23.1 Å². The molecule has 0 saturated heterocycles. The van der Waals surface area contributed by atoms with Crippen molar-refractivity contribution in [3.05, 3.63) is 87.1 Å². The lowest BCUT2D eigenvalue weighted by molar-refractivity contribution is -0.138. The van der Waals surface area contributed by atoms with Crippen LogP contribution in [0.4, 0.5) is 5.82 Å². The number of hydrogen-bond donors (Lipinski definition) is 4. The van der Waals surface area contributed by atoms with E-state index < -0.39 is 34.5 Å². The van der Waals surface area contributed by atoms with Crippen molar-refractivity contribution in [2.24, 2.45) is 0 Å². The fraction of sp³-hybridized carbons (Fsp3) is 0.174. The highest BCUT2D eigenvalue weighted by molar-refractivity contribution is 14.1. The van der Waals surface area contributed by atoms with Gasteiger partial charge in [-0.05, 0) is 89.5 Å². The number of aryl methyl sites for hydroxylation is 2. The quantitative estimate of drug-likeness (QED) is 0.264. The Hall–Kier alpha value is -3.03. The molecule has 2 aromatic carbocycles. The Balaban J connectivity index is 1.57. The van der Waals surface area contributed by atoms with Gasteiger partial charge >= 0.3 is 5.97 Å². The molecule has 0 unspecified atom stereocenters. The van der Waals surface area contributed by atoms with Gasteiger partial charge in [-0.3, -0.25) is 9.59 Å². The van der Waals surface area contributed by atoms with Gasteiger partial charge in [0.2, 0.25) is 10.0 Å². The Bertz CT molecular complexity index is 1270. The largest absolute Gasteiger partial charge is 0.480 e. The number of anilines is 1. The molecule has 178 valence electrons. The van der Waals surface area contributed by atoms with Crippen LogP contribution in [-0.2, 0) is 27.7 Å². The molecule has 34 heavy (non-hydrogen) atoms. The van der Waals surface area contributed by atoms with E-state index in [2.05, 4.69) is 15.0 Å². The minimum atomic E-state index is -4.07. The molecule has 0 aliphatic rings. The number of benzene rings is 2. The van der Waals surface area contributed by atoms with Crippen LogP contribution >= 0.6 is 22.6 Å². The molecule has 1 amide bonds. The molecule has 3 rings (SSSR count). The van der Waals surface area contributed by atoms with Crippen LogP contribution in [0.25, 0.3) is 0 Å². The van der Waals surface area contributed by atoms with Crippen LogP contribution in [0.2, 0.25) is 0 Å². The molecule has 3 aromatic rings. The van der Waals surface area contributed by atoms with Gasteiger partial charge in [-0.15, -0.1) is 0 Å². The highest BCUT2D eigenvalue weighted by Gasteiger charge is 2.26. The van der Waals surface area contributed by atoms with E-state index in [0.717, 1.165) is 14.8 Å². The number of nitrogens with zero attached hydrogens (tertiary/aromatic N) is 1. The third-order valence-corrected chi connectivity index (χ3v) is 7.11. The summed E-state index contributed by atoms with van der Waals surface area (Å²) >= 11 is 2.03. The van der Waals surface area contributed by atoms with Crippen molar-refractivity contribution in [1.29, 1.82) is 0 Å². The minimum Gasteiger partial charge on any atom is -0.480 e. The van der Waals surface area contributed by atoms with Crippen LogP contribution in [0.5, 0.6) is 0 Å². The summed E-state index contributed by atoms with van der Waals surface area (Å²) in [5.74, 6) is -1.45. The fourth-order valence-electron chi connectivity index (χ4n) is 3.08. The second kappa shape index (κ2) is 11.4. The second-order valence-corrected chi connectivity index (χ2v) is 10.4. The number of halogens is 1. The lowest BCUT2D eigenvalue weighted by atomic mass is 10.1. The van der Waals surface area contributed by atoms with Gasteiger partial charge in [0.15, 0.2) is 0 Å². The summed E-state index contributed by atoms with van der Waals surface area (Å²) < 4.78 is 27.9. The summed E-state index contributed by atoms with van der Waals surface area (Å²) in [7, 11) is -4.07. The number of amides is 1. The molecule has 0 saturated carbocycles. The third kappa shape index (κ3) is 7.23. The first kappa shape index (κ1) is 25.6. The Labute approximate surface area is 211 Å². The van der Waals surface area contributed by atoms with Crippen molar-refractivity contribution in [3.63, 3.8) is 0 Å². The fourth-order valence-corrected chi connectivity index (χ4v) is 4.63. The molecule has 0 fully saturated rings. The SMILES string of the molecule is Nc1cccc(CCc2ccc(C(=O)NC[C@H](NS(=O)(=O)c3ccc([125I])cc3)C(=O)O)cc2)n1. The van der Waals surface area contributed by atoms with E-state index in [9.17, 15) is 23.1 Å². The summed E-state index contributed by atoms with van der Waals surface area (Å²) in [6.07, 6.45) is 1.40. The van der Waals surface area contributed by atoms with Crippen LogP contribution in [0, 0.1) is 3.57 Å². The van der Waals surface area contributed by atoms with Crippen LogP contribution < -0.4 is 15.8 Å². The highest BCUT2D eigenvalue weighted by atomic mass is 125. The summed E-state index contributed by atoms with van der Waals surface area (Å²) in [4.78, 5) is 28.2. The Morgan fingerprint density at radius 1 is 1.00 bits per heavy atom. The molecule has 0 radical (unpaired) electrons. The van der Waals surface area contributed by atoms with Gasteiger partial charge in [0.25, 0.3) is 5.91 Å². The molecule has 5 N–H and O–H groups in total. The van der Waals surface area contributed by atoms with Crippen LogP contribution in [0.15, 0.2) is 71.6 Å². The normalized spacial score (nSPS) is 12.1. The van der Waals surface area contributed by atoms with Crippen molar-refractivity contribution >= 4 is 50.3 Å². The van der Waals surface area contributed by atoms with Gasteiger partial charge in [-0.2, -0.15) is 4.72 Å². The average Bonchev–Trinajstić information content (AvgIpc) is 2.80. The predicted molar refractivity (Wildman–Crippen MR) is 136 cm³/mol. The molecular formula is C23H23IN4O5S. The third-order valence-electron chi connectivity index (χ3n) is 4.90. The molecule has 0 spiro atoms. The van der Waals surface area contributed by atoms with Crippen molar-refractivity contribution in [1.82, 2.24) is 15.0 Å². The lowest BCUT2D eigenvalue weighted by Gasteiger charge is -2.16. The van der Waals surface area contributed by atoms with E-state index in [0.29, 0.717) is 24.2 Å². The van der Waals surface area contributed by atoms with Crippen LogP contribution in [0.3, 0.4) is 0 Å². The number of carbonyl (C=O) groups excluding carboxylic acids is 1. The van der Waals surface area contributed by atoms with Crippen molar-refractivity contribution in [3.8, 4) is 0 Å². The second-order valence-electron chi connectivity index (χ2n) is 7.43. The Morgan fingerprint density at radius 2 is 1.68 bits per heavy atom. The number of carbonyl (C=O) groups is 2. The molecule has 0 bridgehead atoms. The van der Waals surface area contributed by atoms with E-state index in [1.165, 1.54) is 12.1 Å². The van der Waals surface area contributed by atoms with E-state index in [1.54, 1.807) is 42.5 Å². The monoisotopic (exact) mass is 592 g/mol. The Kier molecular flexibility index (Phi) is 8.58. The number of nitrogens with one attached hydrogen (secondary N) is 2. The highest BCUT2D eigenvalue weighted by Crippen LogP contribution is 2.13. The number of hydrogen-bond acceptors (Lipinski definition) is 6. The van der Waals surface area contributed by atoms with Gasteiger partial charge in [0.1, 0.15) is 11.9 Å². The van der Waals surface area contributed by atoms with Gasteiger partial charge in [-0.1, -0.05) is 18.2 Å². The van der Waals surface area contributed by atoms with E-state index >= 15 is 0 Å². The number of aromatic nitrogens is 1. The summed E-state index contributed by atoms with van der Waals surface area (Å²) in [6, 6.07) is 16.7. The van der Waals surface area contributed by atoms with Crippen LogP contribution in [-0.4, -0.2) is 43.0 Å². The number of aliphatic carboxylic acids is 1. The van der Waals surface area contributed by atoms with Crippen molar-refractivity contribution in [2.45, 2.75) is 23.8 Å². The van der Waals surface area contributed by atoms with Gasteiger partial charge in [0, 0.05) is 21.4 Å². The number of nitrogen functional groups attached to an aromatic ring is 1. The molecule has 1 heterocycles. The maximum Gasteiger partial charge on any atom is 0.323 e. The van der Waals surface area contributed by atoms with Crippen molar-refractivity contribution in [2.75, 3.05) is 12.3 Å². The number of pyridine rings is 1. The zero-order valence-corrected chi connectivity index (χ0v) is 20.9. The van der Waals surface area contributed by atoms with E-state index in [4.69, 9.17) is 5.73 Å². The standard InChI is InChI=1S/C23H23IN4O5S/c24-17-9-12-19(13-10-17)34(32,33)28-20(23(30)31)14-26-22(29)16-7-4-15(5-8-16)6-11-18-2-1-3-21(25)27-18/h1-5,7-10,12-13,20,28H,6,11,14H2,(H2,25,27)(H,26,29)(H,30,31)/t20-/m0/s1/i24-2. The first-order valence-corrected chi connectivity index (χ1v) is 12.8. The Morgan fingerprint density at radius 3 is 2.29 bits per heavy atom. The number of carboxylic acid groups (broad SMARTS) is 1. The first-order chi connectivity index (χ1) is 16.1. The van der Waals surface area contributed by atoms with E-state index in [1.807, 2.05) is 34.7 Å². The molecule has 0 aliphatic heterocycles. The number of nitrogens with two attached hydrogens (primary N) is 1. The molecule has 1 aromatic heterocycles. The average molecular weight is 592 g/mol. The van der Waals surface area contributed by atoms with E-state index in [-0.39, 0.29) is 4.90 Å². The zero-order chi connectivity index (χ0) is 24.7. The number of sulfonamides is 1. The minimum absolute atomic E-state index is 0.0607. The molecule has 11 heteroatoms. The number of rotatable bonds is 10. The summed E-state index contributed by atoms with van der Waals surface area (Å²) in [5, 5.41) is 11.9. The summed E-state index contributed by atoms with van der Waals surface area (Å²) in [6.45, 7) is -0.416. The topological polar surface area (TPSA) is 151 Å². The maximum atomic E-state index is 12.5. The van der Waals surface area contributed by atoms with Gasteiger partial charge in [0.05, 0.1) is 4.90 Å².